The van der Waals surface area contributed by atoms with Crippen molar-refractivity contribution in [1.82, 2.24) is 0 Å². The van der Waals surface area contributed by atoms with Crippen molar-refractivity contribution < 1.29 is 79.9 Å². The van der Waals surface area contributed by atoms with Gasteiger partial charge in [-0.05, 0) is 0 Å². The summed E-state index contributed by atoms with van der Waals surface area (Å²) in [5, 5.41) is 0. The Bertz CT molecular complexity index is 208. The molecule has 0 amide bonds. The Kier molecular flexibility index (Phi) is 10.2. The van der Waals surface area contributed by atoms with E-state index >= 15 is 0 Å². The number of rotatable bonds is 0. The molecule has 0 atom stereocenters. The first kappa shape index (κ1) is 17.7. The normalized spacial score (nSPS) is 10.5. The van der Waals surface area contributed by atoms with Gasteiger partial charge in [-0.2, -0.15) is 0 Å². The van der Waals surface area contributed by atoms with Gasteiger partial charge in [0.25, 0.3) is 0 Å². The van der Waals surface area contributed by atoms with Crippen molar-refractivity contribution in [2.45, 2.75) is 0 Å². The summed E-state index contributed by atoms with van der Waals surface area (Å²) in [6, 6.07) is 0. The molecule has 0 spiro atoms. The summed E-state index contributed by atoms with van der Waals surface area (Å²) in [4.78, 5) is 0. The molecule has 0 fully saturated rings. The van der Waals surface area contributed by atoms with Crippen LogP contribution in [0.5, 0.6) is 0 Å². The van der Waals surface area contributed by atoms with Crippen LogP contribution in [0, 0.1) is 0 Å². The van der Waals surface area contributed by atoms with Crippen LogP contribution < -0.4 is 16.8 Å². The molecule has 0 unspecified atom stereocenters. The summed E-state index contributed by atoms with van der Waals surface area (Å²) < 4.78 is 68.6. The van der Waals surface area contributed by atoms with Gasteiger partial charge in [-0.3, -0.25) is 0 Å². The standard InChI is InChI=1S/2Mn.Mo.8O/q;;+4;;;;;4*-1. The monoisotopic (exact) mass is 336 g/mol. The third-order valence-corrected chi connectivity index (χ3v) is 0. The molecule has 0 aromatic rings. The summed E-state index contributed by atoms with van der Waals surface area (Å²) in [7, 11) is 0. The van der Waals surface area contributed by atoms with Gasteiger partial charge in [-0.15, -0.1) is 0 Å². The fourth-order valence-electron chi connectivity index (χ4n) is 0. The fourth-order valence-corrected chi connectivity index (χ4v) is 0. The van der Waals surface area contributed by atoms with Crippen LogP contribution in [0.15, 0.2) is 0 Å². The van der Waals surface area contributed by atoms with Gasteiger partial charge in [0.05, 0.1) is 0 Å². The van der Waals surface area contributed by atoms with E-state index in [1.54, 1.807) is 0 Å². The first-order valence-corrected chi connectivity index (χ1v) is 5.09. The predicted octanol–water partition coefficient (Wildman–Crippen LogP) is -5.24. The maximum atomic E-state index is 8.58. The summed E-state index contributed by atoms with van der Waals surface area (Å²) in [5.74, 6) is 0. The Morgan fingerprint density at radius 2 is 0.636 bits per heavy atom. The van der Waals surface area contributed by atoms with E-state index in [9.17, 15) is 0 Å². The third kappa shape index (κ3) is 1410. The van der Waals surface area contributed by atoms with Crippen LogP contribution in [-0.2, 0) is 63.1 Å². The van der Waals surface area contributed by atoms with Crippen LogP contribution >= 0.6 is 0 Å². The van der Waals surface area contributed by atoms with Crippen molar-refractivity contribution >= 4 is 0 Å². The summed E-state index contributed by atoms with van der Waals surface area (Å²) >= 11 is -11.2. The van der Waals surface area contributed by atoms with E-state index in [1.807, 2.05) is 0 Å². The van der Waals surface area contributed by atoms with E-state index in [2.05, 4.69) is 0 Å². The first-order chi connectivity index (χ1) is 4.00. The zero-order valence-corrected chi connectivity index (χ0v) is 8.80. The van der Waals surface area contributed by atoms with E-state index in [-0.39, 0.29) is 21.1 Å². The van der Waals surface area contributed by atoms with Crippen molar-refractivity contribution in [3.05, 3.63) is 0 Å². The quantitative estimate of drug-likeness (QED) is 0.397. The molecule has 0 saturated heterocycles. The molecule has 0 bridgehead atoms. The van der Waals surface area contributed by atoms with Gasteiger partial charge < -0.3 is 0 Å². The summed E-state index contributed by atoms with van der Waals surface area (Å²) in [6.45, 7) is 0. The second-order valence-electron chi connectivity index (χ2n) is 0.756. The molecule has 0 rings (SSSR count). The zero-order valence-electron chi connectivity index (χ0n) is 4.43. The van der Waals surface area contributed by atoms with Crippen LogP contribution in [0.2, 0.25) is 0 Å². The Labute approximate surface area is 79.7 Å². The van der Waals surface area contributed by atoms with Gasteiger partial charge in [0.1, 0.15) is 0 Å². The first-order valence-electron chi connectivity index (χ1n) is 1.23. The third-order valence-electron chi connectivity index (χ3n) is 0. The maximum absolute atomic E-state index is 8.58. The average molecular weight is 334 g/mol. The Morgan fingerprint density at radius 1 is 0.636 bits per heavy atom. The van der Waals surface area contributed by atoms with E-state index in [0.29, 0.717) is 0 Å². The minimum absolute atomic E-state index is 0. The van der Waals surface area contributed by atoms with Crippen molar-refractivity contribution in [2.75, 3.05) is 0 Å². The average Bonchev–Trinajstić information content (AvgIpc) is 1.12. The van der Waals surface area contributed by atoms with Crippen LogP contribution in [-0.4, -0.2) is 0 Å². The van der Waals surface area contributed by atoms with E-state index in [1.165, 1.54) is 0 Å². The van der Waals surface area contributed by atoms with Crippen molar-refractivity contribution in [2.24, 2.45) is 0 Å². The Balaban J connectivity index is -0.000000107. The molecule has 8 nitrogen and oxygen atoms in total. The molecule has 0 aliphatic carbocycles. The van der Waals surface area contributed by atoms with Crippen LogP contribution in [0.4, 0.5) is 0 Å². The van der Waals surface area contributed by atoms with Crippen molar-refractivity contribution in [3.63, 3.8) is 0 Å². The van der Waals surface area contributed by atoms with Gasteiger partial charge in [0, 0.05) is 0 Å². The second kappa shape index (κ2) is 6.30. The van der Waals surface area contributed by atoms with Crippen LogP contribution in [0.25, 0.3) is 0 Å². The Morgan fingerprint density at radius 3 is 0.636 bits per heavy atom. The van der Waals surface area contributed by atoms with Gasteiger partial charge in [-0.1, -0.05) is 0 Å². The molecule has 0 aliphatic heterocycles. The van der Waals surface area contributed by atoms with Crippen molar-refractivity contribution in [1.29, 1.82) is 0 Å². The molecule has 68 valence electrons. The van der Waals surface area contributed by atoms with Gasteiger partial charge in [0.15, 0.2) is 0 Å². The van der Waals surface area contributed by atoms with Crippen LogP contribution in [0.1, 0.15) is 0 Å². The number of hydrogen-bond acceptors (Lipinski definition) is 8. The SMILES string of the molecule is [Mo+4].[O]=[Mn](=[O])([O-])[O-].[O]=[Mn](=[O])([O-])[O-]. The molecule has 11 heteroatoms. The second-order valence-corrected chi connectivity index (χ2v) is 3.12. The number of hydrogen-bond donors (Lipinski definition) is 0. The van der Waals surface area contributed by atoms with E-state index < -0.39 is 26.7 Å². The molecule has 0 aromatic carbocycles. The molecule has 11 heavy (non-hydrogen) atoms. The van der Waals surface area contributed by atoms with E-state index in [4.69, 9.17) is 32.1 Å². The molecular formula is Mn2MoO8. The Hall–Kier alpha value is 0.767. The summed E-state index contributed by atoms with van der Waals surface area (Å²) in [5.41, 5.74) is 0. The predicted molar refractivity (Wildman–Crippen MR) is 2.75 cm³/mol. The van der Waals surface area contributed by atoms with E-state index in [0.717, 1.165) is 0 Å². The van der Waals surface area contributed by atoms with Gasteiger partial charge in [-0.25, -0.2) is 0 Å². The van der Waals surface area contributed by atoms with Gasteiger partial charge >= 0.3 is 79.9 Å². The summed E-state index contributed by atoms with van der Waals surface area (Å²) in [6.07, 6.45) is 0. The molecule has 0 heterocycles. The van der Waals surface area contributed by atoms with Gasteiger partial charge in [0.2, 0.25) is 0 Å². The molecule has 0 N–H and O–H groups in total. The fraction of sp³-hybridized carbons (Fsp3) is 0. The molecule has 0 aromatic heterocycles. The topological polar surface area (TPSA) is 161 Å². The molecular weight excluding hydrogens is 334 g/mol. The van der Waals surface area contributed by atoms with Crippen molar-refractivity contribution in [3.8, 4) is 0 Å². The zero-order chi connectivity index (χ0) is 9.00. The minimum atomic E-state index is -5.62. The molecule has 0 saturated carbocycles. The molecule has 0 aliphatic rings. The van der Waals surface area contributed by atoms with Crippen LogP contribution in [0.3, 0.4) is 0 Å². The molecule has 0 radical (unpaired) electrons.